The number of aromatic nitrogens is 1. The molecule has 1 heterocycles. The van der Waals surface area contributed by atoms with Crippen LogP contribution in [0.4, 0.5) is 0 Å². The highest BCUT2D eigenvalue weighted by Crippen LogP contribution is 2.19. The lowest BCUT2D eigenvalue weighted by Crippen LogP contribution is -2.05. The molecule has 1 N–H and O–H groups in total. The van der Waals surface area contributed by atoms with E-state index in [-0.39, 0.29) is 12.0 Å². The van der Waals surface area contributed by atoms with Gasteiger partial charge >= 0.3 is 0 Å². The van der Waals surface area contributed by atoms with Gasteiger partial charge in [-0.3, -0.25) is 4.79 Å². The molecule has 0 unspecified atom stereocenters. The average Bonchev–Trinajstić information content (AvgIpc) is 2.47. The zero-order chi connectivity index (χ0) is 14.4. The van der Waals surface area contributed by atoms with Crippen molar-refractivity contribution < 1.29 is 9.84 Å². The van der Waals surface area contributed by atoms with Crippen molar-refractivity contribution in [2.45, 2.75) is 6.54 Å². The van der Waals surface area contributed by atoms with E-state index in [0.29, 0.717) is 12.3 Å². The second-order valence-corrected chi connectivity index (χ2v) is 4.20. The van der Waals surface area contributed by atoms with Crippen molar-refractivity contribution in [2.24, 2.45) is 0 Å². The Morgan fingerprint density at radius 1 is 1.25 bits per heavy atom. The monoisotopic (exact) mass is 269 g/mol. The first-order chi connectivity index (χ1) is 9.72. The standard InChI is InChI=1S/C16H15NO3/c1-20-16-5-4-13(11-14(16)3-2-10-18)12-17-8-6-15(19)7-9-17/h4-9,11,18H,10,12H2,1H3. The Morgan fingerprint density at radius 3 is 2.65 bits per heavy atom. The summed E-state index contributed by atoms with van der Waals surface area (Å²) in [5, 5.41) is 8.77. The van der Waals surface area contributed by atoms with Gasteiger partial charge in [-0.25, -0.2) is 0 Å². The Morgan fingerprint density at radius 2 is 2.00 bits per heavy atom. The molecule has 4 heteroatoms. The van der Waals surface area contributed by atoms with Crippen LogP contribution in [0.2, 0.25) is 0 Å². The van der Waals surface area contributed by atoms with Gasteiger partial charge in [0.15, 0.2) is 5.43 Å². The Balaban J connectivity index is 2.28. The summed E-state index contributed by atoms with van der Waals surface area (Å²) in [7, 11) is 1.58. The van der Waals surface area contributed by atoms with Gasteiger partial charge in [0, 0.05) is 31.1 Å². The summed E-state index contributed by atoms with van der Waals surface area (Å²) in [6, 6.07) is 8.76. The molecule has 0 spiro atoms. The third-order valence-corrected chi connectivity index (χ3v) is 2.79. The number of pyridine rings is 1. The van der Waals surface area contributed by atoms with Crippen molar-refractivity contribution in [3.8, 4) is 17.6 Å². The number of hydrogen-bond donors (Lipinski definition) is 1. The zero-order valence-electron chi connectivity index (χ0n) is 11.2. The molecule has 0 amide bonds. The van der Waals surface area contributed by atoms with Crippen LogP contribution in [0, 0.1) is 11.8 Å². The molecule has 2 aromatic rings. The van der Waals surface area contributed by atoms with E-state index in [1.165, 1.54) is 12.1 Å². The number of hydrogen-bond acceptors (Lipinski definition) is 3. The predicted octanol–water partition coefficient (Wildman–Crippen LogP) is 1.25. The van der Waals surface area contributed by atoms with E-state index in [1.54, 1.807) is 19.5 Å². The van der Waals surface area contributed by atoms with Crippen LogP contribution in [0.1, 0.15) is 11.1 Å². The van der Waals surface area contributed by atoms with Crippen LogP contribution >= 0.6 is 0 Å². The highest BCUT2D eigenvalue weighted by Gasteiger charge is 2.02. The van der Waals surface area contributed by atoms with Crippen LogP contribution in [0.15, 0.2) is 47.5 Å². The number of aliphatic hydroxyl groups is 1. The molecule has 0 radical (unpaired) electrons. The molecule has 2 rings (SSSR count). The lowest BCUT2D eigenvalue weighted by molar-refractivity contribution is 0.350. The molecule has 0 aliphatic rings. The average molecular weight is 269 g/mol. The molecule has 20 heavy (non-hydrogen) atoms. The summed E-state index contributed by atoms with van der Waals surface area (Å²) < 4.78 is 7.14. The van der Waals surface area contributed by atoms with Crippen molar-refractivity contribution >= 4 is 0 Å². The summed E-state index contributed by atoms with van der Waals surface area (Å²) >= 11 is 0. The SMILES string of the molecule is COc1ccc(Cn2ccc(=O)cc2)cc1C#CCO. The quantitative estimate of drug-likeness (QED) is 0.853. The summed E-state index contributed by atoms with van der Waals surface area (Å²) in [5.41, 5.74) is 1.77. The maximum Gasteiger partial charge on any atom is 0.181 e. The number of nitrogens with zero attached hydrogens (tertiary/aromatic N) is 1. The second kappa shape index (κ2) is 6.60. The van der Waals surface area contributed by atoms with Crippen molar-refractivity contribution in [2.75, 3.05) is 13.7 Å². The normalized spacial score (nSPS) is 9.70. The van der Waals surface area contributed by atoms with E-state index in [4.69, 9.17) is 9.84 Å². The second-order valence-electron chi connectivity index (χ2n) is 4.20. The van der Waals surface area contributed by atoms with Gasteiger partial charge < -0.3 is 14.4 Å². The topological polar surface area (TPSA) is 51.5 Å². The van der Waals surface area contributed by atoms with Gasteiger partial charge in [-0.1, -0.05) is 17.9 Å². The number of aliphatic hydroxyl groups excluding tert-OH is 1. The van der Waals surface area contributed by atoms with Gasteiger partial charge in [-0.15, -0.1) is 0 Å². The Labute approximate surface area is 117 Å². The maximum atomic E-state index is 11.1. The molecule has 0 fully saturated rings. The molecule has 0 saturated heterocycles. The molecule has 0 saturated carbocycles. The van der Waals surface area contributed by atoms with E-state index in [1.807, 2.05) is 22.8 Å². The predicted molar refractivity (Wildman–Crippen MR) is 76.8 cm³/mol. The summed E-state index contributed by atoms with van der Waals surface area (Å²) in [4.78, 5) is 11.1. The molecule has 102 valence electrons. The van der Waals surface area contributed by atoms with Gasteiger partial charge in [0.05, 0.1) is 12.7 Å². The largest absolute Gasteiger partial charge is 0.495 e. The fraction of sp³-hybridized carbons (Fsp3) is 0.188. The van der Waals surface area contributed by atoms with E-state index in [9.17, 15) is 4.79 Å². The van der Waals surface area contributed by atoms with Crippen molar-refractivity contribution in [1.82, 2.24) is 4.57 Å². The van der Waals surface area contributed by atoms with E-state index in [2.05, 4.69) is 11.8 Å². The highest BCUT2D eigenvalue weighted by molar-refractivity contribution is 5.48. The van der Waals surface area contributed by atoms with Crippen LogP contribution in [0.25, 0.3) is 0 Å². The van der Waals surface area contributed by atoms with Gasteiger partial charge in [-0.2, -0.15) is 0 Å². The third-order valence-electron chi connectivity index (χ3n) is 2.79. The minimum atomic E-state index is -0.187. The fourth-order valence-electron chi connectivity index (χ4n) is 1.85. The van der Waals surface area contributed by atoms with Crippen LogP contribution < -0.4 is 10.2 Å². The van der Waals surface area contributed by atoms with Crippen molar-refractivity contribution in [3.63, 3.8) is 0 Å². The smallest absolute Gasteiger partial charge is 0.181 e. The van der Waals surface area contributed by atoms with E-state index in [0.717, 1.165) is 11.1 Å². The Kier molecular flexibility index (Phi) is 4.59. The first-order valence-electron chi connectivity index (χ1n) is 6.15. The lowest BCUT2D eigenvalue weighted by atomic mass is 10.1. The molecule has 4 nitrogen and oxygen atoms in total. The number of benzene rings is 1. The summed E-state index contributed by atoms with van der Waals surface area (Å²) in [5.74, 6) is 6.16. The maximum absolute atomic E-state index is 11.1. The third kappa shape index (κ3) is 3.50. The first kappa shape index (κ1) is 13.9. The molecule has 0 aliphatic heterocycles. The van der Waals surface area contributed by atoms with E-state index >= 15 is 0 Å². The van der Waals surface area contributed by atoms with Gasteiger partial charge in [0.1, 0.15) is 12.4 Å². The minimum absolute atomic E-state index is 0.00881. The molecular weight excluding hydrogens is 254 g/mol. The number of methoxy groups -OCH3 is 1. The number of rotatable bonds is 3. The first-order valence-corrected chi connectivity index (χ1v) is 6.15. The van der Waals surface area contributed by atoms with E-state index < -0.39 is 0 Å². The van der Waals surface area contributed by atoms with Gasteiger partial charge in [0.25, 0.3) is 0 Å². The summed E-state index contributed by atoms with van der Waals surface area (Å²) in [6.07, 6.45) is 3.48. The number of ether oxygens (including phenoxy) is 1. The zero-order valence-corrected chi connectivity index (χ0v) is 11.2. The lowest BCUT2D eigenvalue weighted by Gasteiger charge is -2.09. The molecule has 0 bridgehead atoms. The molecule has 0 aliphatic carbocycles. The van der Waals surface area contributed by atoms with Gasteiger partial charge in [0.2, 0.25) is 0 Å². The van der Waals surface area contributed by atoms with Gasteiger partial charge in [-0.05, 0) is 17.7 Å². The summed E-state index contributed by atoms with van der Waals surface area (Å²) in [6.45, 7) is 0.450. The van der Waals surface area contributed by atoms with Crippen LogP contribution in [-0.2, 0) is 6.54 Å². The Bertz CT molecular complexity index is 687. The van der Waals surface area contributed by atoms with Crippen molar-refractivity contribution in [3.05, 3.63) is 64.1 Å². The molecular formula is C16H15NO3. The fourth-order valence-corrected chi connectivity index (χ4v) is 1.85. The minimum Gasteiger partial charge on any atom is -0.495 e. The molecule has 0 atom stereocenters. The van der Waals surface area contributed by atoms with Crippen molar-refractivity contribution in [1.29, 1.82) is 0 Å². The van der Waals surface area contributed by atoms with Crippen LogP contribution in [-0.4, -0.2) is 23.4 Å². The molecule has 1 aromatic heterocycles. The highest BCUT2D eigenvalue weighted by atomic mass is 16.5. The molecule has 1 aromatic carbocycles. The Hall–Kier alpha value is -2.51. The van der Waals surface area contributed by atoms with Crippen LogP contribution in [0.5, 0.6) is 5.75 Å². The van der Waals surface area contributed by atoms with Crippen LogP contribution in [0.3, 0.4) is 0 Å².